The van der Waals surface area contributed by atoms with E-state index in [0.29, 0.717) is 12.1 Å². The third-order valence-electron chi connectivity index (χ3n) is 3.51. The average molecular weight is 240 g/mol. The van der Waals surface area contributed by atoms with E-state index in [4.69, 9.17) is 4.74 Å². The summed E-state index contributed by atoms with van der Waals surface area (Å²) < 4.78 is 5.47. The van der Waals surface area contributed by atoms with Gasteiger partial charge in [0.25, 0.3) is 0 Å². The van der Waals surface area contributed by atoms with E-state index in [0.717, 1.165) is 25.9 Å². The molecule has 2 heterocycles. The summed E-state index contributed by atoms with van der Waals surface area (Å²) in [6.45, 7) is 7.68. The quantitative estimate of drug-likeness (QED) is 0.705. The number of ether oxygens (including phenoxy) is 1. The summed E-state index contributed by atoms with van der Waals surface area (Å²) in [6.07, 6.45) is 4.44. The maximum absolute atomic E-state index is 12.1. The monoisotopic (exact) mass is 240 g/mol. The van der Waals surface area contributed by atoms with Crippen LogP contribution in [0.25, 0.3) is 0 Å². The molecule has 2 aliphatic heterocycles. The molecule has 2 saturated heterocycles. The van der Waals surface area contributed by atoms with Crippen LogP contribution in [-0.4, -0.2) is 41.8 Å². The van der Waals surface area contributed by atoms with Crippen molar-refractivity contribution in [3.63, 3.8) is 0 Å². The average Bonchev–Trinajstić information content (AvgIpc) is 2.46. The van der Waals surface area contributed by atoms with Crippen molar-refractivity contribution in [2.75, 3.05) is 13.1 Å². The van der Waals surface area contributed by atoms with Crippen molar-refractivity contribution in [1.82, 2.24) is 10.2 Å². The molecule has 17 heavy (non-hydrogen) atoms. The Morgan fingerprint density at radius 1 is 1.29 bits per heavy atom. The Morgan fingerprint density at radius 3 is 2.76 bits per heavy atom. The summed E-state index contributed by atoms with van der Waals surface area (Å²) >= 11 is 0. The molecule has 4 heteroatoms. The molecule has 2 fully saturated rings. The Morgan fingerprint density at radius 2 is 2.06 bits per heavy atom. The number of nitrogens with zero attached hydrogens (tertiary/aromatic N) is 1. The molecule has 0 aromatic rings. The van der Waals surface area contributed by atoms with Crippen molar-refractivity contribution in [2.45, 2.75) is 64.1 Å². The fraction of sp³-hybridized carbons (Fsp3) is 0.923. The van der Waals surface area contributed by atoms with Gasteiger partial charge in [0.2, 0.25) is 0 Å². The zero-order valence-electron chi connectivity index (χ0n) is 11.2. The Hall–Kier alpha value is -0.770. The zero-order valence-corrected chi connectivity index (χ0v) is 11.2. The first kappa shape index (κ1) is 12.7. The Labute approximate surface area is 104 Å². The zero-order chi connectivity index (χ0) is 12.5. The minimum Gasteiger partial charge on any atom is -0.444 e. The number of hydrogen-bond acceptors (Lipinski definition) is 3. The SMILES string of the molecule is CC(C)(C)OC(=O)N1CC[C@H]2NCCCC[C@H]21. The third-order valence-corrected chi connectivity index (χ3v) is 3.51. The first-order valence-electron chi connectivity index (χ1n) is 6.70. The van der Waals surface area contributed by atoms with Crippen LogP contribution in [0.5, 0.6) is 0 Å². The molecule has 0 bridgehead atoms. The highest BCUT2D eigenvalue weighted by molar-refractivity contribution is 5.69. The van der Waals surface area contributed by atoms with Crippen molar-refractivity contribution in [3.05, 3.63) is 0 Å². The third kappa shape index (κ3) is 3.12. The number of amides is 1. The van der Waals surface area contributed by atoms with Crippen molar-refractivity contribution < 1.29 is 9.53 Å². The second kappa shape index (κ2) is 4.84. The molecule has 0 aromatic heterocycles. The van der Waals surface area contributed by atoms with E-state index in [1.807, 2.05) is 25.7 Å². The summed E-state index contributed by atoms with van der Waals surface area (Å²) in [5.74, 6) is 0. The fourth-order valence-corrected chi connectivity index (χ4v) is 2.76. The van der Waals surface area contributed by atoms with E-state index in [1.54, 1.807) is 0 Å². The highest BCUT2D eigenvalue weighted by atomic mass is 16.6. The molecule has 0 aromatic carbocycles. The van der Waals surface area contributed by atoms with Crippen LogP contribution in [0.15, 0.2) is 0 Å². The maximum Gasteiger partial charge on any atom is 0.410 e. The number of carbonyl (C=O) groups is 1. The molecule has 4 nitrogen and oxygen atoms in total. The van der Waals surface area contributed by atoms with Crippen molar-refractivity contribution in [1.29, 1.82) is 0 Å². The van der Waals surface area contributed by atoms with Crippen LogP contribution >= 0.6 is 0 Å². The standard InChI is InChI=1S/C13H24N2O2/c1-13(2,3)17-12(16)15-9-7-10-11(15)6-4-5-8-14-10/h10-11,14H,4-9H2,1-3H3/t10-,11-/m1/s1. The first-order valence-corrected chi connectivity index (χ1v) is 6.70. The predicted molar refractivity (Wildman–Crippen MR) is 67.0 cm³/mol. The van der Waals surface area contributed by atoms with Gasteiger partial charge in [0.05, 0.1) is 6.04 Å². The minimum atomic E-state index is -0.396. The molecule has 1 amide bonds. The van der Waals surface area contributed by atoms with Crippen LogP contribution in [0, 0.1) is 0 Å². The van der Waals surface area contributed by atoms with Gasteiger partial charge in [-0.05, 0) is 46.6 Å². The van der Waals surface area contributed by atoms with Gasteiger partial charge in [0.15, 0.2) is 0 Å². The summed E-state index contributed by atoms with van der Waals surface area (Å²) in [5, 5.41) is 3.54. The van der Waals surface area contributed by atoms with Crippen molar-refractivity contribution in [2.24, 2.45) is 0 Å². The van der Waals surface area contributed by atoms with Crippen LogP contribution in [0.3, 0.4) is 0 Å². The molecule has 2 atom stereocenters. The Bertz CT molecular complexity index is 286. The van der Waals surface area contributed by atoms with Crippen LogP contribution in [-0.2, 0) is 4.74 Å². The molecule has 2 rings (SSSR count). The topological polar surface area (TPSA) is 41.6 Å². The second-order valence-corrected chi connectivity index (χ2v) is 6.09. The predicted octanol–water partition coefficient (Wildman–Crippen LogP) is 2.14. The highest BCUT2D eigenvalue weighted by Gasteiger charge is 2.39. The van der Waals surface area contributed by atoms with Crippen LogP contribution in [0.4, 0.5) is 4.79 Å². The van der Waals surface area contributed by atoms with E-state index < -0.39 is 5.60 Å². The lowest BCUT2D eigenvalue weighted by Gasteiger charge is -2.29. The van der Waals surface area contributed by atoms with Crippen molar-refractivity contribution >= 4 is 6.09 Å². The van der Waals surface area contributed by atoms with Crippen LogP contribution < -0.4 is 5.32 Å². The smallest absolute Gasteiger partial charge is 0.410 e. The highest BCUT2D eigenvalue weighted by Crippen LogP contribution is 2.26. The van der Waals surface area contributed by atoms with E-state index >= 15 is 0 Å². The van der Waals surface area contributed by atoms with Gasteiger partial charge in [-0.25, -0.2) is 4.79 Å². The Balaban J connectivity index is 1.99. The number of rotatable bonds is 0. The maximum atomic E-state index is 12.1. The van der Waals surface area contributed by atoms with Gasteiger partial charge in [-0.2, -0.15) is 0 Å². The summed E-state index contributed by atoms with van der Waals surface area (Å²) in [6, 6.07) is 0.817. The number of hydrogen-bond donors (Lipinski definition) is 1. The normalized spacial score (nSPS) is 29.7. The van der Waals surface area contributed by atoms with Crippen LogP contribution in [0.2, 0.25) is 0 Å². The molecule has 0 unspecified atom stereocenters. The molecule has 98 valence electrons. The lowest BCUT2D eigenvalue weighted by Crippen LogP contribution is -2.45. The lowest BCUT2D eigenvalue weighted by molar-refractivity contribution is 0.0212. The van der Waals surface area contributed by atoms with Gasteiger partial charge < -0.3 is 15.0 Å². The molecule has 0 saturated carbocycles. The van der Waals surface area contributed by atoms with E-state index in [1.165, 1.54) is 12.8 Å². The first-order chi connectivity index (χ1) is 7.97. The van der Waals surface area contributed by atoms with Gasteiger partial charge in [-0.1, -0.05) is 6.42 Å². The summed E-state index contributed by atoms with van der Waals surface area (Å²) in [5.41, 5.74) is -0.396. The summed E-state index contributed by atoms with van der Waals surface area (Å²) in [7, 11) is 0. The van der Waals surface area contributed by atoms with Gasteiger partial charge in [0.1, 0.15) is 5.60 Å². The van der Waals surface area contributed by atoms with Gasteiger partial charge >= 0.3 is 6.09 Å². The second-order valence-electron chi connectivity index (χ2n) is 6.09. The van der Waals surface area contributed by atoms with E-state index in [-0.39, 0.29) is 6.09 Å². The fourth-order valence-electron chi connectivity index (χ4n) is 2.76. The molecular weight excluding hydrogens is 216 g/mol. The molecule has 0 aliphatic carbocycles. The van der Waals surface area contributed by atoms with Crippen LogP contribution in [0.1, 0.15) is 46.5 Å². The number of fused-ring (bicyclic) bond motifs is 1. The largest absolute Gasteiger partial charge is 0.444 e. The molecule has 2 aliphatic rings. The van der Waals surface area contributed by atoms with Gasteiger partial charge in [0, 0.05) is 12.6 Å². The molecule has 1 N–H and O–H groups in total. The minimum absolute atomic E-state index is 0.145. The van der Waals surface area contributed by atoms with Gasteiger partial charge in [-0.3, -0.25) is 0 Å². The lowest BCUT2D eigenvalue weighted by atomic mass is 10.1. The molecule has 0 radical (unpaired) electrons. The number of carbonyl (C=O) groups excluding carboxylic acids is 1. The van der Waals surface area contributed by atoms with E-state index in [2.05, 4.69) is 5.32 Å². The van der Waals surface area contributed by atoms with Crippen molar-refractivity contribution in [3.8, 4) is 0 Å². The number of likely N-dealkylation sites (tertiary alicyclic amines) is 1. The molecule has 0 spiro atoms. The Kier molecular flexibility index (Phi) is 3.61. The van der Waals surface area contributed by atoms with Gasteiger partial charge in [-0.15, -0.1) is 0 Å². The summed E-state index contributed by atoms with van der Waals surface area (Å²) in [4.78, 5) is 14.0. The number of nitrogens with one attached hydrogen (secondary N) is 1. The van der Waals surface area contributed by atoms with E-state index in [9.17, 15) is 4.79 Å². The molecular formula is C13H24N2O2.